The van der Waals surface area contributed by atoms with Crippen LogP contribution in [0.3, 0.4) is 0 Å². The fraction of sp³-hybridized carbons (Fsp3) is 0. The van der Waals surface area contributed by atoms with Gasteiger partial charge in [0.2, 0.25) is 0 Å². The lowest BCUT2D eigenvalue weighted by Gasteiger charge is -2.02. The third-order valence-electron chi connectivity index (χ3n) is 2.66. The molecule has 0 fully saturated rings. The van der Waals surface area contributed by atoms with Gasteiger partial charge in [-0.25, -0.2) is 9.50 Å². The maximum Gasteiger partial charge on any atom is 0.277 e. The number of halogens is 2. The number of hydrogen-bond acceptors (Lipinski definition) is 3. The molecule has 1 aromatic carbocycles. The highest BCUT2D eigenvalue weighted by molar-refractivity contribution is 6.37. The molecule has 0 saturated carbocycles. The van der Waals surface area contributed by atoms with Crippen LogP contribution >= 0.6 is 23.2 Å². The zero-order valence-electron chi connectivity index (χ0n) is 10.0. The Morgan fingerprint density at radius 3 is 2.65 bits per heavy atom. The maximum atomic E-state index is 12.2. The quantitative estimate of drug-likeness (QED) is 0.790. The second kappa shape index (κ2) is 5.11. The van der Waals surface area contributed by atoms with Crippen LogP contribution in [-0.2, 0) is 0 Å². The van der Waals surface area contributed by atoms with Crippen LogP contribution in [0.5, 0.6) is 0 Å². The topological polar surface area (TPSA) is 59.3 Å². The zero-order valence-corrected chi connectivity index (χ0v) is 11.6. The summed E-state index contributed by atoms with van der Waals surface area (Å²) in [6.45, 7) is 0. The highest BCUT2D eigenvalue weighted by Gasteiger charge is 2.18. The molecule has 0 unspecified atom stereocenters. The lowest BCUT2D eigenvalue weighted by Crippen LogP contribution is -2.13. The summed E-state index contributed by atoms with van der Waals surface area (Å²) in [6, 6.07) is 8.47. The van der Waals surface area contributed by atoms with E-state index in [-0.39, 0.29) is 10.7 Å². The van der Waals surface area contributed by atoms with E-state index in [0.29, 0.717) is 16.4 Å². The Morgan fingerprint density at radius 2 is 1.95 bits per heavy atom. The predicted molar refractivity (Wildman–Crippen MR) is 77.4 cm³/mol. The Morgan fingerprint density at radius 1 is 1.20 bits per heavy atom. The molecule has 2 heterocycles. The van der Waals surface area contributed by atoms with Crippen LogP contribution in [0.1, 0.15) is 10.5 Å². The Balaban J connectivity index is 1.92. The van der Waals surface area contributed by atoms with Crippen molar-refractivity contribution in [2.24, 2.45) is 0 Å². The van der Waals surface area contributed by atoms with Crippen molar-refractivity contribution >= 4 is 40.4 Å². The average molecular weight is 307 g/mol. The van der Waals surface area contributed by atoms with Gasteiger partial charge < -0.3 is 5.32 Å². The third kappa shape index (κ3) is 2.33. The zero-order chi connectivity index (χ0) is 14.1. The summed E-state index contributed by atoms with van der Waals surface area (Å²) in [5, 5.41) is 7.63. The molecule has 100 valence electrons. The molecule has 20 heavy (non-hydrogen) atoms. The fourth-order valence-corrected chi connectivity index (χ4v) is 2.11. The van der Waals surface area contributed by atoms with Crippen molar-refractivity contribution in [1.82, 2.24) is 14.6 Å². The monoisotopic (exact) mass is 306 g/mol. The van der Waals surface area contributed by atoms with Gasteiger partial charge in [-0.2, -0.15) is 5.10 Å². The molecule has 0 radical (unpaired) electrons. The largest absolute Gasteiger partial charge is 0.321 e. The van der Waals surface area contributed by atoms with Crippen LogP contribution in [0, 0.1) is 0 Å². The van der Waals surface area contributed by atoms with Gasteiger partial charge in [-0.15, -0.1) is 0 Å². The van der Waals surface area contributed by atoms with Gasteiger partial charge in [-0.05, 0) is 30.3 Å². The van der Waals surface area contributed by atoms with E-state index in [2.05, 4.69) is 15.4 Å². The van der Waals surface area contributed by atoms with E-state index >= 15 is 0 Å². The minimum atomic E-state index is -0.400. The molecule has 1 amide bonds. The molecule has 0 atom stereocenters. The number of aromatic nitrogens is 3. The number of benzene rings is 1. The summed E-state index contributed by atoms with van der Waals surface area (Å²) in [5.74, 6) is -0.400. The molecule has 3 aromatic rings. The van der Waals surface area contributed by atoms with Gasteiger partial charge in [0.05, 0.1) is 0 Å². The molecule has 0 bridgehead atoms. The fourth-order valence-electron chi connectivity index (χ4n) is 1.73. The van der Waals surface area contributed by atoms with Crippen molar-refractivity contribution in [3.63, 3.8) is 0 Å². The summed E-state index contributed by atoms with van der Waals surface area (Å²) < 4.78 is 1.46. The van der Waals surface area contributed by atoms with E-state index in [4.69, 9.17) is 23.2 Å². The molecule has 0 spiro atoms. The van der Waals surface area contributed by atoms with Crippen molar-refractivity contribution in [3.05, 3.63) is 58.5 Å². The number of fused-ring (bicyclic) bond motifs is 1. The number of hydrogen-bond donors (Lipinski definition) is 1. The predicted octanol–water partition coefficient (Wildman–Crippen LogP) is 3.29. The Kier molecular flexibility index (Phi) is 3.30. The molecule has 7 heteroatoms. The molecule has 0 aliphatic rings. The van der Waals surface area contributed by atoms with Crippen LogP contribution in [0.4, 0.5) is 5.69 Å². The SMILES string of the molecule is O=C(Nc1ccc(Cl)cc1)c1nn2cccnc2c1Cl. The molecule has 0 aliphatic heterocycles. The van der Waals surface area contributed by atoms with E-state index in [9.17, 15) is 4.79 Å². The number of carbonyl (C=O) groups is 1. The van der Waals surface area contributed by atoms with E-state index in [1.54, 1.807) is 42.7 Å². The van der Waals surface area contributed by atoms with Crippen molar-refractivity contribution in [2.75, 3.05) is 5.32 Å². The first kappa shape index (κ1) is 12.9. The lowest BCUT2D eigenvalue weighted by atomic mass is 10.3. The summed E-state index contributed by atoms with van der Waals surface area (Å²) in [4.78, 5) is 16.2. The molecule has 1 N–H and O–H groups in total. The van der Waals surface area contributed by atoms with E-state index in [0.717, 1.165) is 0 Å². The van der Waals surface area contributed by atoms with Crippen molar-refractivity contribution in [3.8, 4) is 0 Å². The summed E-state index contributed by atoms with van der Waals surface area (Å²) in [6.07, 6.45) is 3.26. The number of carbonyl (C=O) groups excluding carboxylic acids is 1. The van der Waals surface area contributed by atoms with Gasteiger partial charge in [-0.3, -0.25) is 4.79 Å². The first-order valence-corrected chi connectivity index (χ1v) is 6.46. The second-order valence-electron chi connectivity index (χ2n) is 4.01. The molecule has 5 nitrogen and oxygen atoms in total. The highest BCUT2D eigenvalue weighted by atomic mass is 35.5. The third-order valence-corrected chi connectivity index (χ3v) is 3.26. The van der Waals surface area contributed by atoms with E-state index in [1.165, 1.54) is 4.52 Å². The van der Waals surface area contributed by atoms with Gasteiger partial charge in [0.15, 0.2) is 11.3 Å². The maximum absolute atomic E-state index is 12.2. The van der Waals surface area contributed by atoms with Gasteiger partial charge in [0.1, 0.15) is 5.02 Å². The minimum absolute atomic E-state index is 0.125. The standard InChI is InChI=1S/C13H8Cl2N4O/c14-8-2-4-9(5-3-8)17-13(20)11-10(15)12-16-6-1-7-19(12)18-11/h1-7H,(H,17,20). The Labute approximate surface area is 124 Å². The average Bonchev–Trinajstić information content (AvgIpc) is 2.79. The van der Waals surface area contributed by atoms with E-state index < -0.39 is 5.91 Å². The minimum Gasteiger partial charge on any atom is -0.321 e. The van der Waals surface area contributed by atoms with Crippen molar-refractivity contribution < 1.29 is 4.79 Å². The molecular formula is C13H8Cl2N4O. The number of rotatable bonds is 2. The summed E-state index contributed by atoms with van der Waals surface area (Å²) >= 11 is 11.9. The Bertz CT molecular complexity index is 783. The smallest absolute Gasteiger partial charge is 0.277 e. The van der Waals surface area contributed by atoms with Gasteiger partial charge in [0.25, 0.3) is 5.91 Å². The van der Waals surface area contributed by atoms with Crippen LogP contribution in [0.15, 0.2) is 42.7 Å². The van der Waals surface area contributed by atoms with Crippen LogP contribution < -0.4 is 5.32 Å². The molecule has 2 aromatic heterocycles. The van der Waals surface area contributed by atoms with Gasteiger partial charge >= 0.3 is 0 Å². The van der Waals surface area contributed by atoms with Gasteiger partial charge in [0, 0.05) is 23.1 Å². The van der Waals surface area contributed by atoms with Gasteiger partial charge in [-0.1, -0.05) is 23.2 Å². The number of anilines is 1. The second-order valence-corrected chi connectivity index (χ2v) is 4.83. The normalized spacial score (nSPS) is 10.7. The lowest BCUT2D eigenvalue weighted by molar-refractivity contribution is 0.102. The van der Waals surface area contributed by atoms with Crippen LogP contribution in [-0.4, -0.2) is 20.5 Å². The summed E-state index contributed by atoms with van der Waals surface area (Å²) in [5.41, 5.74) is 1.18. The Hall–Kier alpha value is -2.11. The molecule has 0 aliphatic carbocycles. The van der Waals surface area contributed by atoms with Crippen LogP contribution in [0.2, 0.25) is 10.0 Å². The molecule has 3 rings (SSSR count). The first-order chi connectivity index (χ1) is 9.65. The molecule has 0 saturated heterocycles. The number of amides is 1. The number of nitrogens with one attached hydrogen (secondary N) is 1. The highest BCUT2D eigenvalue weighted by Crippen LogP contribution is 2.21. The van der Waals surface area contributed by atoms with Crippen molar-refractivity contribution in [2.45, 2.75) is 0 Å². The van der Waals surface area contributed by atoms with Crippen molar-refractivity contribution in [1.29, 1.82) is 0 Å². The summed E-state index contributed by atoms with van der Waals surface area (Å²) in [7, 11) is 0. The van der Waals surface area contributed by atoms with Crippen LogP contribution in [0.25, 0.3) is 5.65 Å². The first-order valence-electron chi connectivity index (χ1n) is 5.71. The molecular weight excluding hydrogens is 299 g/mol. The van der Waals surface area contributed by atoms with E-state index in [1.807, 2.05) is 0 Å². The number of nitrogens with zero attached hydrogens (tertiary/aromatic N) is 3.